The molecule has 2 aliphatic rings. The molecule has 2 fully saturated rings. The molecule has 0 bridgehead atoms. The lowest BCUT2D eigenvalue weighted by atomic mass is 9.87. The molecule has 216 valence electrons. The van der Waals surface area contributed by atoms with Crippen LogP contribution in [0.3, 0.4) is 0 Å². The molecule has 5 rings (SSSR count). The van der Waals surface area contributed by atoms with Crippen molar-refractivity contribution in [3.63, 3.8) is 0 Å². The molecule has 2 aliphatic heterocycles. The number of rotatable bonds is 4. The molecule has 12 heteroatoms. The summed E-state index contributed by atoms with van der Waals surface area (Å²) in [5, 5.41) is 9.41. The number of benzene rings is 2. The Labute approximate surface area is 235 Å². The number of halogens is 2. The SMILES string of the molecule is COc1c(Oc2c(F)ccc(F)c2C#N)ccc2ncn([C@@H]3COC4(CCN(C(=O)OC(C)(C)C)CC4)C3)c(=O)c12. The fourth-order valence-electron chi connectivity index (χ4n) is 5.33. The number of ether oxygens (including phenoxy) is 4. The lowest BCUT2D eigenvalue weighted by Gasteiger charge is -2.39. The molecule has 10 nitrogen and oxygen atoms in total. The summed E-state index contributed by atoms with van der Waals surface area (Å²) in [6.07, 6.45) is 2.83. The molecule has 2 saturated heterocycles. The second-order valence-electron chi connectivity index (χ2n) is 11.2. The minimum atomic E-state index is -0.945. The third kappa shape index (κ3) is 5.41. The summed E-state index contributed by atoms with van der Waals surface area (Å²) in [7, 11) is 1.32. The Morgan fingerprint density at radius 2 is 1.85 bits per heavy atom. The first-order chi connectivity index (χ1) is 19.4. The summed E-state index contributed by atoms with van der Waals surface area (Å²) in [5.74, 6) is -2.61. The average Bonchev–Trinajstić information content (AvgIpc) is 3.33. The topological polar surface area (TPSA) is 116 Å². The molecule has 0 unspecified atom stereocenters. The highest BCUT2D eigenvalue weighted by Crippen LogP contribution is 2.42. The van der Waals surface area contributed by atoms with E-state index in [4.69, 9.17) is 18.9 Å². The maximum Gasteiger partial charge on any atom is 0.410 e. The van der Waals surface area contributed by atoms with Gasteiger partial charge in [-0.1, -0.05) is 0 Å². The van der Waals surface area contributed by atoms with Gasteiger partial charge in [-0.3, -0.25) is 9.36 Å². The third-order valence-corrected chi connectivity index (χ3v) is 7.37. The van der Waals surface area contributed by atoms with E-state index in [-0.39, 0.29) is 35.6 Å². The van der Waals surface area contributed by atoms with Gasteiger partial charge in [0.2, 0.25) is 0 Å². The van der Waals surface area contributed by atoms with Crippen LogP contribution in [0.1, 0.15) is 51.6 Å². The van der Waals surface area contributed by atoms with E-state index in [1.165, 1.54) is 30.1 Å². The normalized spacial score (nSPS) is 18.4. The summed E-state index contributed by atoms with van der Waals surface area (Å²) in [5.41, 5.74) is -1.79. The lowest BCUT2D eigenvalue weighted by Crippen LogP contribution is -2.48. The number of aromatic nitrogens is 2. The Balaban J connectivity index is 1.41. The van der Waals surface area contributed by atoms with Gasteiger partial charge in [-0.05, 0) is 64.3 Å². The minimum Gasteiger partial charge on any atom is -0.492 e. The van der Waals surface area contributed by atoms with E-state index in [9.17, 15) is 23.6 Å². The van der Waals surface area contributed by atoms with E-state index in [1.54, 1.807) is 11.0 Å². The van der Waals surface area contributed by atoms with Crippen molar-refractivity contribution >= 4 is 17.0 Å². The second-order valence-corrected chi connectivity index (χ2v) is 11.2. The third-order valence-electron chi connectivity index (χ3n) is 7.37. The van der Waals surface area contributed by atoms with Crippen molar-refractivity contribution < 1.29 is 32.5 Å². The van der Waals surface area contributed by atoms with Crippen LogP contribution in [0.4, 0.5) is 13.6 Å². The summed E-state index contributed by atoms with van der Waals surface area (Å²) in [6.45, 7) is 6.69. The lowest BCUT2D eigenvalue weighted by molar-refractivity contribution is -0.0486. The number of likely N-dealkylation sites (tertiary alicyclic amines) is 1. The number of carbonyl (C=O) groups is 1. The number of piperidine rings is 1. The molecule has 1 atom stereocenters. The molecule has 41 heavy (non-hydrogen) atoms. The monoisotopic (exact) mass is 568 g/mol. The van der Waals surface area contributed by atoms with Crippen molar-refractivity contribution in [2.75, 3.05) is 26.8 Å². The Morgan fingerprint density at radius 3 is 2.51 bits per heavy atom. The molecule has 0 N–H and O–H groups in total. The van der Waals surface area contributed by atoms with Gasteiger partial charge >= 0.3 is 6.09 Å². The van der Waals surface area contributed by atoms with Crippen molar-refractivity contribution in [3.05, 3.63) is 58.1 Å². The number of hydrogen-bond acceptors (Lipinski definition) is 8. The maximum atomic E-state index is 14.5. The zero-order valence-corrected chi connectivity index (χ0v) is 23.2. The van der Waals surface area contributed by atoms with Crippen molar-refractivity contribution in [1.82, 2.24) is 14.5 Å². The predicted octanol–water partition coefficient (Wildman–Crippen LogP) is 5.08. The highest BCUT2D eigenvalue weighted by Gasteiger charge is 2.45. The van der Waals surface area contributed by atoms with Crippen LogP contribution >= 0.6 is 0 Å². The van der Waals surface area contributed by atoms with Crippen LogP contribution in [0, 0.1) is 23.0 Å². The van der Waals surface area contributed by atoms with Gasteiger partial charge in [0.1, 0.15) is 28.4 Å². The molecule has 0 saturated carbocycles. The van der Waals surface area contributed by atoms with Gasteiger partial charge in [0.05, 0.1) is 37.2 Å². The molecular formula is C29H30F2N4O6. The quantitative estimate of drug-likeness (QED) is 0.428. The van der Waals surface area contributed by atoms with Crippen LogP contribution in [0.5, 0.6) is 17.2 Å². The number of hydrogen-bond donors (Lipinski definition) is 0. The summed E-state index contributed by atoms with van der Waals surface area (Å²) < 4.78 is 52.9. The molecular weight excluding hydrogens is 538 g/mol. The number of carbonyl (C=O) groups excluding carboxylic acids is 1. The minimum absolute atomic E-state index is 0.0267. The summed E-state index contributed by atoms with van der Waals surface area (Å²) in [4.78, 5) is 32.3. The standard InChI is InChI=1S/C29H30F2N4O6/c1-28(2,3)41-27(37)34-11-9-29(10-12-34)13-17(15-39-29)35-16-33-21-7-8-22(25(38-4)23(21)26(35)36)40-24-18(14-32)19(30)5-6-20(24)31/h5-8,16-17H,9-13,15H2,1-4H3/t17-/m0/s1. The Bertz CT molecular complexity index is 1600. The smallest absolute Gasteiger partial charge is 0.410 e. The highest BCUT2D eigenvalue weighted by atomic mass is 19.1. The van der Waals surface area contributed by atoms with Crippen molar-refractivity contribution in [2.45, 2.75) is 57.3 Å². The Kier molecular flexibility index (Phi) is 7.33. The summed E-state index contributed by atoms with van der Waals surface area (Å²) >= 11 is 0. The first-order valence-electron chi connectivity index (χ1n) is 13.2. The zero-order chi connectivity index (χ0) is 29.5. The van der Waals surface area contributed by atoms with Gasteiger partial charge < -0.3 is 23.8 Å². The molecule has 1 amide bonds. The van der Waals surface area contributed by atoms with Crippen LogP contribution in [-0.2, 0) is 9.47 Å². The van der Waals surface area contributed by atoms with Crippen molar-refractivity contribution in [3.8, 4) is 23.3 Å². The molecule has 0 radical (unpaired) electrons. The van der Waals surface area contributed by atoms with Crippen LogP contribution in [-0.4, -0.2) is 58.6 Å². The molecule has 3 aromatic rings. The van der Waals surface area contributed by atoms with E-state index in [2.05, 4.69) is 4.98 Å². The number of fused-ring (bicyclic) bond motifs is 1. The number of amides is 1. The number of methoxy groups -OCH3 is 1. The zero-order valence-electron chi connectivity index (χ0n) is 23.2. The maximum absolute atomic E-state index is 14.5. The molecule has 3 heterocycles. The van der Waals surface area contributed by atoms with Crippen LogP contribution in [0.15, 0.2) is 35.4 Å². The number of nitriles is 1. The van der Waals surface area contributed by atoms with Gasteiger partial charge in [0.25, 0.3) is 5.56 Å². The molecule has 1 spiro atoms. The number of nitrogens with zero attached hydrogens (tertiary/aromatic N) is 4. The van der Waals surface area contributed by atoms with Gasteiger partial charge in [-0.15, -0.1) is 0 Å². The van der Waals surface area contributed by atoms with Crippen LogP contribution in [0.25, 0.3) is 10.9 Å². The predicted molar refractivity (Wildman–Crippen MR) is 143 cm³/mol. The van der Waals surface area contributed by atoms with E-state index in [0.29, 0.717) is 37.9 Å². The Morgan fingerprint density at radius 1 is 1.15 bits per heavy atom. The molecule has 2 aromatic carbocycles. The molecule has 0 aliphatic carbocycles. The van der Waals surface area contributed by atoms with Gasteiger partial charge in [0.15, 0.2) is 23.1 Å². The van der Waals surface area contributed by atoms with Crippen LogP contribution in [0.2, 0.25) is 0 Å². The summed E-state index contributed by atoms with van der Waals surface area (Å²) in [6, 6.07) is 5.87. The van der Waals surface area contributed by atoms with Crippen molar-refractivity contribution in [1.29, 1.82) is 5.26 Å². The average molecular weight is 569 g/mol. The Hall–Kier alpha value is -4.24. The second kappa shape index (κ2) is 10.6. The largest absolute Gasteiger partial charge is 0.492 e. The van der Waals surface area contributed by atoms with Crippen LogP contribution < -0.4 is 15.0 Å². The van der Waals surface area contributed by atoms with Gasteiger partial charge in [0, 0.05) is 13.1 Å². The van der Waals surface area contributed by atoms with E-state index in [0.717, 1.165) is 12.1 Å². The first-order valence-corrected chi connectivity index (χ1v) is 13.2. The van der Waals surface area contributed by atoms with Crippen molar-refractivity contribution in [2.24, 2.45) is 0 Å². The van der Waals surface area contributed by atoms with Gasteiger partial charge in [-0.2, -0.15) is 5.26 Å². The van der Waals surface area contributed by atoms with E-state index in [1.807, 2.05) is 20.8 Å². The molecule has 1 aromatic heterocycles. The first kappa shape index (κ1) is 28.3. The van der Waals surface area contributed by atoms with Gasteiger partial charge in [-0.25, -0.2) is 18.6 Å². The fraction of sp³-hybridized carbons (Fsp3) is 0.448. The highest BCUT2D eigenvalue weighted by molar-refractivity contribution is 5.87. The fourth-order valence-corrected chi connectivity index (χ4v) is 5.33. The van der Waals surface area contributed by atoms with E-state index >= 15 is 0 Å². The van der Waals surface area contributed by atoms with E-state index < -0.39 is 39.7 Å².